The molecule has 0 spiro atoms. The molecule has 4 nitrogen and oxygen atoms in total. The summed E-state index contributed by atoms with van der Waals surface area (Å²) < 4.78 is 13.0. The van der Waals surface area contributed by atoms with E-state index in [2.05, 4.69) is 0 Å². The van der Waals surface area contributed by atoms with Crippen molar-refractivity contribution in [2.45, 2.75) is 0 Å². The van der Waals surface area contributed by atoms with E-state index < -0.39 is 0 Å². The first-order valence-corrected chi connectivity index (χ1v) is 5.15. The normalized spacial score (nSPS) is 16.0. The second-order valence-corrected chi connectivity index (χ2v) is 3.62. The van der Waals surface area contributed by atoms with Crippen LogP contribution in [0.2, 0.25) is 0 Å². The van der Waals surface area contributed by atoms with Crippen molar-refractivity contribution in [3.8, 4) is 0 Å². The Bertz CT molecular complexity index is 397. The monoisotopic (exact) mass is 224 g/mol. The van der Waals surface area contributed by atoms with E-state index in [1.807, 2.05) is 0 Å². The SMILES string of the molecule is O=C1N(CCO)CCN1c1cccc(F)c1. The first kappa shape index (κ1) is 10.9. The van der Waals surface area contributed by atoms with Gasteiger partial charge in [0.05, 0.1) is 6.61 Å². The molecule has 5 heteroatoms. The molecule has 0 radical (unpaired) electrons. The number of anilines is 1. The molecule has 2 rings (SSSR count). The lowest BCUT2D eigenvalue weighted by Crippen LogP contribution is -2.33. The van der Waals surface area contributed by atoms with Crippen molar-refractivity contribution in [2.75, 3.05) is 31.1 Å². The fourth-order valence-electron chi connectivity index (χ4n) is 1.79. The van der Waals surface area contributed by atoms with Crippen molar-refractivity contribution in [1.29, 1.82) is 0 Å². The van der Waals surface area contributed by atoms with E-state index in [4.69, 9.17) is 5.11 Å². The van der Waals surface area contributed by atoms with Crippen molar-refractivity contribution in [3.05, 3.63) is 30.1 Å². The standard InChI is InChI=1S/C11H13FN2O2/c12-9-2-1-3-10(8-9)14-5-4-13(6-7-15)11(14)16/h1-3,8,15H,4-7H2. The minimum atomic E-state index is -0.356. The summed E-state index contributed by atoms with van der Waals surface area (Å²) in [6, 6.07) is 5.77. The second kappa shape index (κ2) is 4.49. The third kappa shape index (κ3) is 1.99. The highest BCUT2D eigenvalue weighted by molar-refractivity contribution is 5.94. The molecule has 1 aromatic carbocycles. The van der Waals surface area contributed by atoms with E-state index >= 15 is 0 Å². The summed E-state index contributed by atoms with van der Waals surface area (Å²) in [5.41, 5.74) is 0.561. The predicted octanol–water partition coefficient (Wildman–Crippen LogP) is 1.06. The van der Waals surface area contributed by atoms with Crippen molar-refractivity contribution in [1.82, 2.24) is 4.90 Å². The Labute approximate surface area is 92.9 Å². The van der Waals surface area contributed by atoms with Gasteiger partial charge in [0.15, 0.2) is 0 Å². The van der Waals surface area contributed by atoms with E-state index in [0.717, 1.165) is 0 Å². The Morgan fingerprint density at radius 2 is 2.19 bits per heavy atom. The maximum atomic E-state index is 13.0. The number of carbonyl (C=O) groups excluding carboxylic acids is 1. The highest BCUT2D eigenvalue weighted by Crippen LogP contribution is 2.20. The lowest BCUT2D eigenvalue weighted by Gasteiger charge is -2.17. The molecule has 1 aromatic rings. The smallest absolute Gasteiger partial charge is 0.324 e. The quantitative estimate of drug-likeness (QED) is 0.834. The lowest BCUT2D eigenvalue weighted by molar-refractivity contribution is 0.199. The van der Waals surface area contributed by atoms with Crippen LogP contribution in [0.25, 0.3) is 0 Å². The zero-order valence-corrected chi connectivity index (χ0v) is 8.77. The van der Waals surface area contributed by atoms with Crippen LogP contribution in [-0.2, 0) is 0 Å². The van der Waals surface area contributed by atoms with Gasteiger partial charge >= 0.3 is 6.03 Å². The summed E-state index contributed by atoms with van der Waals surface area (Å²) in [7, 11) is 0. The molecule has 1 fully saturated rings. The number of rotatable bonds is 3. The Kier molecular flexibility index (Phi) is 3.05. The van der Waals surface area contributed by atoms with Crippen molar-refractivity contribution in [3.63, 3.8) is 0 Å². The number of hydrogen-bond acceptors (Lipinski definition) is 2. The molecule has 1 heterocycles. The van der Waals surface area contributed by atoms with Crippen LogP contribution in [0, 0.1) is 5.82 Å². The van der Waals surface area contributed by atoms with Gasteiger partial charge in [0, 0.05) is 25.3 Å². The van der Waals surface area contributed by atoms with Crippen LogP contribution in [0.3, 0.4) is 0 Å². The maximum Gasteiger partial charge on any atom is 0.324 e. The van der Waals surface area contributed by atoms with Gasteiger partial charge in [0.25, 0.3) is 0 Å². The van der Waals surface area contributed by atoms with Gasteiger partial charge in [-0.05, 0) is 18.2 Å². The highest BCUT2D eigenvalue weighted by Gasteiger charge is 2.28. The molecule has 0 saturated carbocycles. The zero-order valence-electron chi connectivity index (χ0n) is 8.77. The number of urea groups is 1. The summed E-state index contributed by atoms with van der Waals surface area (Å²) in [5.74, 6) is -0.356. The number of nitrogens with zero attached hydrogens (tertiary/aromatic N) is 2. The van der Waals surface area contributed by atoms with E-state index in [0.29, 0.717) is 25.3 Å². The topological polar surface area (TPSA) is 43.8 Å². The van der Waals surface area contributed by atoms with Gasteiger partial charge in [0.1, 0.15) is 5.82 Å². The molecule has 0 unspecified atom stereocenters. The van der Waals surface area contributed by atoms with Crippen LogP contribution in [0.5, 0.6) is 0 Å². The minimum Gasteiger partial charge on any atom is -0.395 e. The zero-order chi connectivity index (χ0) is 11.5. The van der Waals surface area contributed by atoms with Gasteiger partial charge in [-0.1, -0.05) is 6.07 Å². The fraction of sp³-hybridized carbons (Fsp3) is 0.364. The lowest BCUT2D eigenvalue weighted by atomic mass is 10.3. The van der Waals surface area contributed by atoms with E-state index in [-0.39, 0.29) is 18.5 Å². The van der Waals surface area contributed by atoms with Crippen LogP contribution in [-0.4, -0.2) is 42.3 Å². The van der Waals surface area contributed by atoms with Gasteiger partial charge in [-0.25, -0.2) is 9.18 Å². The van der Waals surface area contributed by atoms with Gasteiger partial charge in [-0.15, -0.1) is 0 Å². The highest BCUT2D eigenvalue weighted by atomic mass is 19.1. The molecule has 86 valence electrons. The summed E-state index contributed by atoms with van der Waals surface area (Å²) in [4.78, 5) is 14.9. The number of carbonyl (C=O) groups is 1. The summed E-state index contributed by atoms with van der Waals surface area (Å²) in [6.07, 6.45) is 0. The van der Waals surface area contributed by atoms with Crippen molar-refractivity contribution < 1.29 is 14.3 Å². The molecule has 1 saturated heterocycles. The molecule has 1 aliphatic rings. The van der Waals surface area contributed by atoms with Gasteiger partial charge < -0.3 is 10.0 Å². The first-order valence-electron chi connectivity index (χ1n) is 5.15. The Morgan fingerprint density at radius 3 is 2.88 bits per heavy atom. The molecule has 16 heavy (non-hydrogen) atoms. The maximum absolute atomic E-state index is 13.0. The number of amides is 2. The third-order valence-corrected chi connectivity index (χ3v) is 2.58. The van der Waals surface area contributed by atoms with Crippen molar-refractivity contribution >= 4 is 11.7 Å². The van der Waals surface area contributed by atoms with E-state index in [1.165, 1.54) is 17.0 Å². The number of aliphatic hydroxyl groups excluding tert-OH is 1. The second-order valence-electron chi connectivity index (χ2n) is 3.62. The molecule has 0 bridgehead atoms. The van der Waals surface area contributed by atoms with E-state index in [9.17, 15) is 9.18 Å². The van der Waals surface area contributed by atoms with Crippen molar-refractivity contribution in [2.24, 2.45) is 0 Å². The molecule has 1 aliphatic heterocycles. The largest absolute Gasteiger partial charge is 0.395 e. The van der Waals surface area contributed by atoms with Gasteiger partial charge in [-0.2, -0.15) is 0 Å². The average Bonchev–Trinajstić information content (AvgIpc) is 2.61. The average molecular weight is 224 g/mol. The molecular formula is C11H13FN2O2. The van der Waals surface area contributed by atoms with Crippen LogP contribution in [0.15, 0.2) is 24.3 Å². The fourth-order valence-corrected chi connectivity index (χ4v) is 1.79. The van der Waals surface area contributed by atoms with Gasteiger partial charge in [0.2, 0.25) is 0 Å². The molecule has 2 amide bonds. The van der Waals surface area contributed by atoms with Crippen LogP contribution < -0.4 is 4.90 Å². The van der Waals surface area contributed by atoms with Crippen LogP contribution in [0.1, 0.15) is 0 Å². The number of hydrogen-bond donors (Lipinski definition) is 1. The predicted molar refractivity (Wildman–Crippen MR) is 57.8 cm³/mol. The number of aliphatic hydroxyl groups is 1. The number of halogens is 1. The molecule has 0 atom stereocenters. The Morgan fingerprint density at radius 1 is 1.38 bits per heavy atom. The molecule has 0 aromatic heterocycles. The third-order valence-electron chi connectivity index (χ3n) is 2.58. The molecule has 1 N–H and O–H groups in total. The van der Waals surface area contributed by atoms with E-state index in [1.54, 1.807) is 17.0 Å². The van der Waals surface area contributed by atoms with Gasteiger partial charge in [-0.3, -0.25) is 4.90 Å². The summed E-state index contributed by atoms with van der Waals surface area (Å²) in [6.45, 7) is 1.37. The molecule has 0 aliphatic carbocycles. The Hall–Kier alpha value is -1.62. The first-order chi connectivity index (χ1) is 7.72. The molecular weight excluding hydrogens is 211 g/mol. The summed E-state index contributed by atoms with van der Waals surface area (Å²) >= 11 is 0. The Balaban J connectivity index is 2.15. The van der Waals surface area contributed by atoms with Crippen LogP contribution >= 0.6 is 0 Å². The van der Waals surface area contributed by atoms with Crippen LogP contribution in [0.4, 0.5) is 14.9 Å². The minimum absolute atomic E-state index is 0.0528. The number of benzene rings is 1. The number of β-amino-alcohol motifs (C(OH)–C–C–N with tert-alkyl or cyclic N) is 1. The summed E-state index contributed by atoms with van der Waals surface area (Å²) in [5, 5.41) is 8.77.